The van der Waals surface area contributed by atoms with Crippen molar-refractivity contribution in [3.63, 3.8) is 0 Å². The Morgan fingerprint density at radius 3 is 2.65 bits per heavy atom. The molecule has 1 aromatic heterocycles. The number of rotatable bonds is 3. The summed E-state index contributed by atoms with van der Waals surface area (Å²) in [6.45, 7) is 11.0. The summed E-state index contributed by atoms with van der Waals surface area (Å²) in [5, 5.41) is 0. The molecule has 0 spiro atoms. The molecule has 0 atom stereocenters. The van der Waals surface area contributed by atoms with Crippen molar-refractivity contribution in [2.45, 2.75) is 38.6 Å². The van der Waals surface area contributed by atoms with Crippen LogP contribution in [0, 0.1) is 6.92 Å². The van der Waals surface area contributed by atoms with Crippen LogP contribution in [0.3, 0.4) is 0 Å². The predicted molar refractivity (Wildman–Crippen MR) is 83.4 cm³/mol. The molecule has 20 heavy (non-hydrogen) atoms. The third kappa shape index (κ3) is 2.88. The van der Waals surface area contributed by atoms with Crippen molar-refractivity contribution < 1.29 is 0 Å². The number of hydrogen-bond acceptors (Lipinski definition) is 3. The first-order valence-electron chi connectivity index (χ1n) is 7.85. The average molecular weight is 271 g/mol. The van der Waals surface area contributed by atoms with Gasteiger partial charge in [-0.05, 0) is 38.3 Å². The summed E-state index contributed by atoms with van der Waals surface area (Å²) in [6, 6.07) is 5.07. The van der Waals surface area contributed by atoms with Crippen LogP contribution >= 0.6 is 0 Å². The van der Waals surface area contributed by atoms with Gasteiger partial charge in [0.15, 0.2) is 0 Å². The lowest BCUT2D eigenvalue weighted by atomic mass is 9.91. The van der Waals surface area contributed by atoms with Gasteiger partial charge in [-0.25, -0.2) is 0 Å². The molecule has 2 aliphatic rings. The van der Waals surface area contributed by atoms with Gasteiger partial charge in [0.1, 0.15) is 0 Å². The van der Waals surface area contributed by atoms with Gasteiger partial charge in [-0.3, -0.25) is 9.88 Å². The SMILES string of the molecule is C=C(c1ccc(C)nc1)N1CCCN(C2CCC2)CC1. The molecule has 1 saturated heterocycles. The van der Waals surface area contributed by atoms with Crippen LogP contribution < -0.4 is 0 Å². The summed E-state index contributed by atoms with van der Waals surface area (Å²) in [5.74, 6) is 0. The highest BCUT2D eigenvalue weighted by Gasteiger charge is 2.26. The van der Waals surface area contributed by atoms with Crippen LogP contribution in [0.5, 0.6) is 0 Å². The Bertz CT molecular complexity index is 462. The van der Waals surface area contributed by atoms with Gasteiger partial charge in [-0.2, -0.15) is 0 Å². The number of pyridine rings is 1. The summed E-state index contributed by atoms with van der Waals surface area (Å²) in [5.41, 5.74) is 3.36. The van der Waals surface area contributed by atoms with Crippen molar-refractivity contribution in [1.29, 1.82) is 0 Å². The molecule has 2 fully saturated rings. The van der Waals surface area contributed by atoms with E-state index in [9.17, 15) is 0 Å². The van der Waals surface area contributed by atoms with Crippen LogP contribution in [0.4, 0.5) is 0 Å². The van der Waals surface area contributed by atoms with Crippen molar-refractivity contribution in [1.82, 2.24) is 14.8 Å². The molecule has 1 saturated carbocycles. The molecule has 1 aromatic rings. The van der Waals surface area contributed by atoms with Crippen LogP contribution in [0.2, 0.25) is 0 Å². The minimum absolute atomic E-state index is 0.865. The van der Waals surface area contributed by atoms with Gasteiger partial charge in [0.2, 0.25) is 0 Å². The fourth-order valence-electron chi connectivity index (χ4n) is 3.15. The maximum atomic E-state index is 4.39. The molecule has 3 nitrogen and oxygen atoms in total. The van der Waals surface area contributed by atoms with Gasteiger partial charge in [0.25, 0.3) is 0 Å². The second-order valence-electron chi connectivity index (χ2n) is 6.10. The van der Waals surface area contributed by atoms with E-state index in [0.717, 1.165) is 36.1 Å². The number of aromatic nitrogens is 1. The van der Waals surface area contributed by atoms with Crippen molar-refractivity contribution in [3.05, 3.63) is 36.2 Å². The van der Waals surface area contributed by atoms with Crippen LogP contribution in [-0.2, 0) is 0 Å². The molecule has 1 aliphatic carbocycles. The zero-order valence-corrected chi connectivity index (χ0v) is 12.5. The van der Waals surface area contributed by atoms with Crippen molar-refractivity contribution in [3.8, 4) is 0 Å². The minimum Gasteiger partial charge on any atom is -0.370 e. The molecule has 0 N–H and O–H groups in total. The normalized spacial score (nSPS) is 21.4. The second kappa shape index (κ2) is 5.96. The van der Waals surface area contributed by atoms with E-state index in [0.29, 0.717) is 0 Å². The second-order valence-corrected chi connectivity index (χ2v) is 6.10. The molecule has 0 bridgehead atoms. The van der Waals surface area contributed by atoms with Crippen LogP contribution in [0.15, 0.2) is 24.9 Å². The maximum Gasteiger partial charge on any atom is 0.0382 e. The average Bonchev–Trinajstić information content (AvgIpc) is 2.63. The van der Waals surface area contributed by atoms with E-state index in [1.165, 1.54) is 38.8 Å². The highest BCUT2D eigenvalue weighted by Crippen LogP contribution is 2.26. The first-order valence-corrected chi connectivity index (χ1v) is 7.85. The summed E-state index contributed by atoms with van der Waals surface area (Å²) < 4.78 is 0. The predicted octanol–water partition coefficient (Wildman–Crippen LogP) is 2.92. The monoisotopic (exact) mass is 271 g/mol. The van der Waals surface area contributed by atoms with E-state index in [4.69, 9.17) is 0 Å². The standard InChI is InChI=1S/C17H25N3/c1-14-7-8-16(13-18-14)15(2)19-9-4-10-20(12-11-19)17-5-3-6-17/h7-8,13,17H,2-6,9-12H2,1H3. The van der Waals surface area contributed by atoms with Gasteiger partial charge in [-0.1, -0.05) is 13.0 Å². The molecular weight excluding hydrogens is 246 g/mol. The Labute approximate surface area is 122 Å². The number of hydrogen-bond donors (Lipinski definition) is 0. The van der Waals surface area contributed by atoms with Crippen molar-refractivity contribution >= 4 is 5.70 Å². The smallest absolute Gasteiger partial charge is 0.0382 e. The topological polar surface area (TPSA) is 19.4 Å². The molecule has 0 aromatic carbocycles. The Hall–Kier alpha value is -1.35. The Morgan fingerprint density at radius 1 is 1.15 bits per heavy atom. The van der Waals surface area contributed by atoms with Crippen LogP contribution in [0.1, 0.15) is 36.9 Å². The Kier molecular flexibility index (Phi) is 4.06. The highest BCUT2D eigenvalue weighted by molar-refractivity contribution is 5.61. The number of nitrogens with zero attached hydrogens (tertiary/aromatic N) is 3. The third-order valence-electron chi connectivity index (χ3n) is 4.75. The molecule has 3 rings (SSSR count). The van der Waals surface area contributed by atoms with E-state index in [2.05, 4.69) is 33.5 Å². The zero-order chi connectivity index (χ0) is 13.9. The minimum atomic E-state index is 0.865. The van der Waals surface area contributed by atoms with Gasteiger partial charge < -0.3 is 4.90 Å². The molecule has 108 valence electrons. The Balaban J connectivity index is 1.62. The van der Waals surface area contributed by atoms with Gasteiger partial charge in [-0.15, -0.1) is 0 Å². The zero-order valence-electron chi connectivity index (χ0n) is 12.5. The van der Waals surface area contributed by atoms with Gasteiger partial charge in [0, 0.05) is 55.4 Å². The lowest BCUT2D eigenvalue weighted by Crippen LogP contribution is -2.42. The molecule has 2 heterocycles. The fourth-order valence-corrected chi connectivity index (χ4v) is 3.15. The van der Waals surface area contributed by atoms with Crippen LogP contribution in [-0.4, -0.2) is 47.0 Å². The molecule has 0 amide bonds. The van der Waals surface area contributed by atoms with E-state index in [1.807, 2.05) is 13.1 Å². The summed E-state index contributed by atoms with van der Waals surface area (Å²) in [4.78, 5) is 9.51. The van der Waals surface area contributed by atoms with E-state index in [-0.39, 0.29) is 0 Å². The van der Waals surface area contributed by atoms with Crippen molar-refractivity contribution in [2.24, 2.45) is 0 Å². The lowest BCUT2D eigenvalue weighted by Gasteiger charge is -2.36. The molecule has 0 radical (unpaired) electrons. The summed E-state index contributed by atoms with van der Waals surface area (Å²) in [7, 11) is 0. The molecule has 1 aliphatic heterocycles. The van der Waals surface area contributed by atoms with Crippen LogP contribution in [0.25, 0.3) is 5.70 Å². The Morgan fingerprint density at radius 2 is 2.00 bits per heavy atom. The quantitative estimate of drug-likeness (QED) is 0.842. The van der Waals surface area contributed by atoms with E-state index in [1.54, 1.807) is 0 Å². The first-order chi connectivity index (χ1) is 9.74. The first kappa shape index (κ1) is 13.6. The molecule has 0 unspecified atom stereocenters. The lowest BCUT2D eigenvalue weighted by molar-refractivity contribution is 0.133. The van der Waals surface area contributed by atoms with E-state index >= 15 is 0 Å². The fraction of sp³-hybridized carbons (Fsp3) is 0.588. The highest BCUT2D eigenvalue weighted by atomic mass is 15.2. The third-order valence-corrected chi connectivity index (χ3v) is 4.75. The number of aryl methyl sites for hydroxylation is 1. The van der Waals surface area contributed by atoms with E-state index < -0.39 is 0 Å². The van der Waals surface area contributed by atoms with Crippen molar-refractivity contribution in [2.75, 3.05) is 26.2 Å². The van der Waals surface area contributed by atoms with Gasteiger partial charge in [0.05, 0.1) is 0 Å². The molecular formula is C17H25N3. The largest absolute Gasteiger partial charge is 0.370 e. The maximum absolute atomic E-state index is 4.39. The summed E-state index contributed by atoms with van der Waals surface area (Å²) in [6.07, 6.45) is 7.43. The van der Waals surface area contributed by atoms with Gasteiger partial charge >= 0.3 is 0 Å². The summed E-state index contributed by atoms with van der Waals surface area (Å²) >= 11 is 0. The molecule has 3 heteroatoms.